The highest BCUT2D eigenvalue weighted by molar-refractivity contribution is 6.35. The SMILES string of the molecule is O=C(CN1CCNCC1)Nc1cc(Cl)ccc1Cl. The van der Waals surface area contributed by atoms with Crippen LogP contribution in [0.4, 0.5) is 5.69 Å². The predicted molar refractivity (Wildman–Crippen MR) is 74.4 cm³/mol. The van der Waals surface area contributed by atoms with E-state index in [2.05, 4.69) is 15.5 Å². The van der Waals surface area contributed by atoms with E-state index in [0.717, 1.165) is 26.2 Å². The zero-order valence-electron chi connectivity index (χ0n) is 9.88. The van der Waals surface area contributed by atoms with Crippen LogP contribution in [0.1, 0.15) is 0 Å². The van der Waals surface area contributed by atoms with Crippen LogP contribution < -0.4 is 10.6 Å². The Morgan fingerprint density at radius 2 is 2.06 bits per heavy atom. The average molecular weight is 288 g/mol. The number of hydrogen-bond donors (Lipinski definition) is 2. The number of anilines is 1. The Balaban J connectivity index is 1.92. The van der Waals surface area contributed by atoms with Crippen molar-refractivity contribution in [3.05, 3.63) is 28.2 Å². The summed E-state index contributed by atoms with van der Waals surface area (Å²) in [5, 5.41) is 7.07. The van der Waals surface area contributed by atoms with Crippen molar-refractivity contribution in [3.8, 4) is 0 Å². The lowest BCUT2D eigenvalue weighted by Gasteiger charge is -2.26. The summed E-state index contributed by atoms with van der Waals surface area (Å²) >= 11 is 11.8. The van der Waals surface area contributed by atoms with Crippen LogP contribution in [-0.4, -0.2) is 43.5 Å². The van der Waals surface area contributed by atoms with E-state index in [0.29, 0.717) is 22.3 Å². The van der Waals surface area contributed by atoms with Gasteiger partial charge in [0.2, 0.25) is 5.91 Å². The highest BCUT2D eigenvalue weighted by Crippen LogP contribution is 2.25. The van der Waals surface area contributed by atoms with Gasteiger partial charge in [-0.15, -0.1) is 0 Å². The molecule has 18 heavy (non-hydrogen) atoms. The van der Waals surface area contributed by atoms with Crippen LogP contribution in [0.2, 0.25) is 10.0 Å². The molecule has 0 bridgehead atoms. The number of nitrogens with zero attached hydrogens (tertiary/aromatic N) is 1. The first-order valence-corrected chi connectivity index (χ1v) is 6.59. The molecule has 0 atom stereocenters. The molecule has 1 aliphatic rings. The van der Waals surface area contributed by atoms with Gasteiger partial charge >= 0.3 is 0 Å². The third kappa shape index (κ3) is 3.85. The molecule has 1 amide bonds. The molecule has 0 unspecified atom stereocenters. The number of carbonyl (C=O) groups excluding carboxylic acids is 1. The molecular weight excluding hydrogens is 273 g/mol. The van der Waals surface area contributed by atoms with Crippen molar-refractivity contribution in [2.24, 2.45) is 0 Å². The van der Waals surface area contributed by atoms with Gasteiger partial charge in [-0.3, -0.25) is 9.69 Å². The molecule has 0 saturated carbocycles. The number of hydrogen-bond acceptors (Lipinski definition) is 3. The lowest BCUT2D eigenvalue weighted by Crippen LogP contribution is -2.46. The number of rotatable bonds is 3. The third-order valence-electron chi connectivity index (χ3n) is 2.78. The van der Waals surface area contributed by atoms with Gasteiger partial charge in [-0.2, -0.15) is 0 Å². The van der Waals surface area contributed by atoms with Gasteiger partial charge in [0.1, 0.15) is 0 Å². The summed E-state index contributed by atoms with van der Waals surface area (Å²) in [5.74, 6) is -0.0685. The predicted octanol–water partition coefficient (Wildman–Crippen LogP) is 1.84. The zero-order valence-corrected chi connectivity index (χ0v) is 11.4. The zero-order chi connectivity index (χ0) is 13.0. The molecule has 1 aliphatic heterocycles. The van der Waals surface area contributed by atoms with E-state index >= 15 is 0 Å². The molecule has 1 heterocycles. The second kappa shape index (κ2) is 6.38. The number of benzene rings is 1. The summed E-state index contributed by atoms with van der Waals surface area (Å²) < 4.78 is 0. The quantitative estimate of drug-likeness (QED) is 0.892. The summed E-state index contributed by atoms with van der Waals surface area (Å²) in [5.41, 5.74) is 0.560. The normalized spacial score (nSPS) is 16.6. The van der Waals surface area contributed by atoms with Gasteiger partial charge in [0, 0.05) is 31.2 Å². The molecule has 1 fully saturated rings. The highest BCUT2D eigenvalue weighted by atomic mass is 35.5. The molecule has 0 spiro atoms. The first kappa shape index (κ1) is 13.6. The van der Waals surface area contributed by atoms with Crippen LogP contribution >= 0.6 is 23.2 Å². The molecule has 1 aromatic carbocycles. The fourth-order valence-corrected chi connectivity index (χ4v) is 2.19. The van der Waals surface area contributed by atoms with E-state index in [1.54, 1.807) is 18.2 Å². The molecule has 4 nitrogen and oxygen atoms in total. The number of nitrogens with one attached hydrogen (secondary N) is 2. The van der Waals surface area contributed by atoms with E-state index in [1.165, 1.54) is 0 Å². The second-order valence-corrected chi connectivity index (χ2v) is 5.04. The average Bonchev–Trinajstić information content (AvgIpc) is 2.35. The molecule has 0 aliphatic carbocycles. The van der Waals surface area contributed by atoms with E-state index in [1.807, 2.05) is 0 Å². The Bertz CT molecular complexity index is 433. The largest absolute Gasteiger partial charge is 0.324 e. The molecule has 0 radical (unpaired) electrons. The minimum Gasteiger partial charge on any atom is -0.324 e. The summed E-state index contributed by atoms with van der Waals surface area (Å²) in [6.45, 7) is 3.99. The van der Waals surface area contributed by atoms with Gasteiger partial charge in [0.05, 0.1) is 17.3 Å². The van der Waals surface area contributed by atoms with Gasteiger partial charge in [-0.05, 0) is 18.2 Å². The van der Waals surface area contributed by atoms with Crippen molar-refractivity contribution in [1.29, 1.82) is 0 Å². The van der Waals surface area contributed by atoms with Crippen molar-refractivity contribution >= 4 is 34.8 Å². The Kier molecular flexibility index (Phi) is 4.83. The molecule has 1 saturated heterocycles. The Morgan fingerprint density at radius 1 is 1.33 bits per heavy atom. The maximum absolute atomic E-state index is 11.9. The van der Waals surface area contributed by atoms with Crippen molar-refractivity contribution in [2.45, 2.75) is 0 Å². The fourth-order valence-electron chi connectivity index (χ4n) is 1.86. The van der Waals surface area contributed by atoms with E-state index in [-0.39, 0.29) is 5.91 Å². The lowest BCUT2D eigenvalue weighted by atomic mass is 10.3. The second-order valence-electron chi connectivity index (χ2n) is 4.20. The van der Waals surface area contributed by atoms with Crippen LogP contribution in [0.25, 0.3) is 0 Å². The maximum Gasteiger partial charge on any atom is 0.238 e. The minimum absolute atomic E-state index is 0.0685. The van der Waals surface area contributed by atoms with Crippen molar-refractivity contribution in [2.75, 3.05) is 38.0 Å². The summed E-state index contributed by atoms with van der Waals surface area (Å²) in [4.78, 5) is 14.0. The van der Waals surface area contributed by atoms with Crippen LogP contribution in [-0.2, 0) is 4.79 Å². The first-order valence-electron chi connectivity index (χ1n) is 5.83. The molecule has 6 heteroatoms. The van der Waals surface area contributed by atoms with Crippen molar-refractivity contribution < 1.29 is 4.79 Å². The van der Waals surface area contributed by atoms with Gasteiger partial charge in [0.15, 0.2) is 0 Å². The first-order chi connectivity index (χ1) is 8.65. The molecule has 2 rings (SSSR count). The number of piperazine rings is 1. The number of carbonyl (C=O) groups is 1. The van der Waals surface area contributed by atoms with Gasteiger partial charge in [-0.25, -0.2) is 0 Å². The van der Waals surface area contributed by atoms with E-state index in [9.17, 15) is 4.79 Å². The summed E-state index contributed by atoms with van der Waals surface area (Å²) in [6.07, 6.45) is 0. The van der Waals surface area contributed by atoms with Crippen LogP contribution in [0.5, 0.6) is 0 Å². The summed E-state index contributed by atoms with van der Waals surface area (Å²) in [6, 6.07) is 5.01. The highest BCUT2D eigenvalue weighted by Gasteiger charge is 2.14. The van der Waals surface area contributed by atoms with Crippen LogP contribution in [0.15, 0.2) is 18.2 Å². The number of amides is 1. The molecule has 1 aromatic rings. The lowest BCUT2D eigenvalue weighted by molar-refractivity contribution is -0.117. The molecule has 0 aromatic heterocycles. The van der Waals surface area contributed by atoms with E-state index < -0.39 is 0 Å². The Morgan fingerprint density at radius 3 is 2.78 bits per heavy atom. The maximum atomic E-state index is 11.9. The minimum atomic E-state index is -0.0685. The van der Waals surface area contributed by atoms with Crippen LogP contribution in [0, 0.1) is 0 Å². The Hall–Kier alpha value is -0.810. The van der Waals surface area contributed by atoms with E-state index in [4.69, 9.17) is 23.2 Å². The topological polar surface area (TPSA) is 44.4 Å². The summed E-state index contributed by atoms with van der Waals surface area (Å²) in [7, 11) is 0. The van der Waals surface area contributed by atoms with Crippen LogP contribution in [0.3, 0.4) is 0 Å². The number of halogens is 2. The van der Waals surface area contributed by atoms with Gasteiger partial charge in [0.25, 0.3) is 0 Å². The van der Waals surface area contributed by atoms with Gasteiger partial charge < -0.3 is 10.6 Å². The van der Waals surface area contributed by atoms with Crippen molar-refractivity contribution in [1.82, 2.24) is 10.2 Å². The smallest absolute Gasteiger partial charge is 0.238 e. The molecule has 2 N–H and O–H groups in total. The Labute approximate surface area is 116 Å². The third-order valence-corrected chi connectivity index (χ3v) is 3.34. The fraction of sp³-hybridized carbons (Fsp3) is 0.417. The van der Waals surface area contributed by atoms with Gasteiger partial charge in [-0.1, -0.05) is 23.2 Å². The monoisotopic (exact) mass is 287 g/mol. The molecule has 98 valence electrons. The standard InChI is InChI=1S/C12H15Cl2N3O/c13-9-1-2-10(14)11(7-9)16-12(18)8-17-5-3-15-4-6-17/h1-2,7,15H,3-6,8H2,(H,16,18). The van der Waals surface area contributed by atoms with Crippen molar-refractivity contribution in [3.63, 3.8) is 0 Å². The molecular formula is C12H15Cl2N3O.